The van der Waals surface area contributed by atoms with Gasteiger partial charge in [-0.1, -0.05) is 18.2 Å². The summed E-state index contributed by atoms with van der Waals surface area (Å²) in [4.78, 5) is 27.7. The van der Waals surface area contributed by atoms with Crippen LogP contribution in [0.15, 0.2) is 42.6 Å². The first-order valence-corrected chi connectivity index (χ1v) is 5.06. The number of carbonyl (C=O) groups is 2. The van der Waals surface area contributed by atoms with Gasteiger partial charge in [0.2, 0.25) is 5.78 Å². The SMILES string of the molecule is NOC(=O)c1ccccc1C(=O)c1cccnn1. The van der Waals surface area contributed by atoms with Gasteiger partial charge in [-0.05, 0) is 18.2 Å². The topological polar surface area (TPSA) is 95.2 Å². The average Bonchev–Trinajstić information content (AvgIpc) is 2.46. The molecule has 0 saturated carbocycles. The van der Waals surface area contributed by atoms with Gasteiger partial charge in [0.1, 0.15) is 5.69 Å². The van der Waals surface area contributed by atoms with E-state index in [1.165, 1.54) is 24.4 Å². The van der Waals surface area contributed by atoms with Crippen molar-refractivity contribution in [3.63, 3.8) is 0 Å². The van der Waals surface area contributed by atoms with Crippen LogP contribution in [0.3, 0.4) is 0 Å². The molecular weight excluding hydrogens is 234 g/mol. The maximum Gasteiger partial charge on any atom is 0.357 e. The normalized spacial score (nSPS) is 9.83. The summed E-state index contributed by atoms with van der Waals surface area (Å²) in [5.41, 5.74) is 0.416. The van der Waals surface area contributed by atoms with Crippen LogP contribution in [0.5, 0.6) is 0 Å². The van der Waals surface area contributed by atoms with E-state index in [1.807, 2.05) is 0 Å². The standard InChI is InChI=1S/C12H9N3O3/c13-18-12(17)9-5-2-1-4-8(9)11(16)10-6-3-7-14-15-10/h1-7H,13H2. The Labute approximate surface area is 102 Å². The molecule has 0 saturated heterocycles. The molecule has 0 atom stereocenters. The molecule has 0 aliphatic rings. The lowest BCUT2D eigenvalue weighted by Gasteiger charge is -2.05. The summed E-state index contributed by atoms with van der Waals surface area (Å²) in [6.07, 6.45) is 1.46. The van der Waals surface area contributed by atoms with Crippen LogP contribution in [-0.4, -0.2) is 21.9 Å². The van der Waals surface area contributed by atoms with E-state index in [0.717, 1.165) is 0 Å². The smallest absolute Gasteiger partial charge is 0.357 e. The molecule has 2 aromatic rings. The fraction of sp³-hybridized carbons (Fsp3) is 0. The highest BCUT2D eigenvalue weighted by atomic mass is 16.7. The van der Waals surface area contributed by atoms with Gasteiger partial charge in [0.15, 0.2) is 0 Å². The van der Waals surface area contributed by atoms with Crippen LogP contribution in [0.25, 0.3) is 0 Å². The Kier molecular flexibility index (Phi) is 3.40. The zero-order valence-electron chi connectivity index (χ0n) is 9.24. The van der Waals surface area contributed by atoms with E-state index in [4.69, 9.17) is 5.90 Å². The Morgan fingerprint density at radius 1 is 1.06 bits per heavy atom. The molecule has 90 valence electrons. The summed E-state index contributed by atoms with van der Waals surface area (Å²) < 4.78 is 0. The summed E-state index contributed by atoms with van der Waals surface area (Å²) in [7, 11) is 0. The minimum Gasteiger partial charge on any atom is -0.370 e. The van der Waals surface area contributed by atoms with E-state index in [2.05, 4.69) is 15.0 Å². The number of nitrogens with two attached hydrogens (primary N) is 1. The van der Waals surface area contributed by atoms with Crippen LogP contribution in [0, 0.1) is 0 Å². The van der Waals surface area contributed by atoms with Crippen LogP contribution in [0.2, 0.25) is 0 Å². The predicted octanol–water partition coefficient (Wildman–Crippen LogP) is 0.738. The first kappa shape index (κ1) is 11.9. The Morgan fingerprint density at radius 3 is 2.39 bits per heavy atom. The molecular formula is C12H9N3O3. The van der Waals surface area contributed by atoms with E-state index in [9.17, 15) is 9.59 Å². The monoisotopic (exact) mass is 243 g/mol. The molecule has 0 unspecified atom stereocenters. The van der Waals surface area contributed by atoms with E-state index < -0.39 is 11.8 Å². The molecule has 1 aromatic heterocycles. The van der Waals surface area contributed by atoms with Gasteiger partial charge < -0.3 is 4.84 Å². The third-order valence-corrected chi connectivity index (χ3v) is 2.30. The molecule has 6 nitrogen and oxygen atoms in total. The minimum absolute atomic E-state index is 0.0932. The first-order chi connectivity index (χ1) is 8.74. The summed E-state index contributed by atoms with van der Waals surface area (Å²) in [5.74, 6) is 3.63. The second kappa shape index (κ2) is 5.15. The summed E-state index contributed by atoms with van der Waals surface area (Å²) in [6.45, 7) is 0. The van der Waals surface area contributed by atoms with Crippen molar-refractivity contribution in [2.75, 3.05) is 0 Å². The molecule has 2 rings (SSSR count). The van der Waals surface area contributed by atoms with E-state index >= 15 is 0 Å². The predicted molar refractivity (Wildman–Crippen MR) is 61.5 cm³/mol. The summed E-state index contributed by atoms with van der Waals surface area (Å²) >= 11 is 0. The third-order valence-electron chi connectivity index (χ3n) is 2.30. The molecule has 0 fully saturated rings. The van der Waals surface area contributed by atoms with Gasteiger partial charge in [-0.25, -0.2) is 4.79 Å². The second-order valence-corrected chi connectivity index (χ2v) is 3.39. The number of hydrogen-bond donors (Lipinski definition) is 1. The quantitative estimate of drug-likeness (QED) is 0.631. The highest BCUT2D eigenvalue weighted by Crippen LogP contribution is 2.13. The molecule has 1 heterocycles. The van der Waals surface area contributed by atoms with Gasteiger partial charge >= 0.3 is 5.97 Å². The van der Waals surface area contributed by atoms with Crippen molar-refractivity contribution < 1.29 is 14.4 Å². The Morgan fingerprint density at radius 2 is 1.78 bits per heavy atom. The molecule has 0 aliphatic heterocycles. The molecule has 1 aromatic carbocycles. The van der Waals surface area contributed by atoms with Crippen molar-refractivity contribution >= 4 is 11.8 Å². The number of nitrogens with zero attached hydrogens (tertiary/aromatic N) is 2. The largest absolute Gasteiger partial charge is 0.370 e. The van der Waals surface area contributed by atoms with E-state index in [0.29, 0.717) is 0 Å². The third kappa shape index (κ3) is 2.23. The summed E-state index contributed by atoms with van der Waals surface area (Å²) in [5, 5.41) is 7.31. The van der Waals surface area contributed by atoms with Gasteiger partial charge in [0.25, 0.3) is 0 Å². The molecule has 0 spiro atoms. The van der Waals surface area contributed by atoms with Crippen molar-refractivity contribution in [2.45, 2.75) is 0 Å². The lowest BCUT2D eigenvalue weighted by Crippen LogP contribution is -2.16. The second-order valence-electron chi connectivity index (χ2n) is 3.39. The Hall–Kier alpha value is -2.60. The molecule has 0 bridgehead atoms. The number of rotatable bonds is 3. The number of aromatic nitrogens is 2. The molecule has 0 amide bonds. The fourth-order valence-electron chi connectivity index (χ4n) is 1.48. The number of hydrogen-bond acceptors (Lipinski definition) is 6. The molecule has 18 heavy (non-hydrogen) atoms. The van der Waals surface area contributed by atoms with E-state index in [-0.39, 0.29) is 16.8 Å². The van der Waals surface area contributed by atoms with Crippen LogP contribution < -0.4 is 5.90 Å². The Balaban J connectivity index is 2.46. The first-order valence-electron chi connectivity index (χ1n) is 5.06. The zero-order valence-corrected chi connectivity index (χ0v) is 9.24. The van der Waals surface area contributed by atoms with Gasteiger partial charge in [0.05, 0.1) is 5.56 Å². The summed E-state index contributed by atoms with van der Waals surface area (Å²) in [6, 6.07) is 9.31. The van der Waals surface area contributed by atoms with Crippen molar-refractivity contribution in [3.8, 4) is 0 Å². The maximum absolute atomic E-state index is 12.1. The highest BCUT2D eigenvalue weighted by molar-refractivity contribution is 6.13. The lowest BCUT2D eigenvalue weighted by atomic mass is 10.0. The highest BCUT2D eigenvalue weighted by Gasteiger charge is 2.19. The van der Waals surface area contributed by atoms with Crippen molar-refractivity contribution in [2.24, 2.45) is 5.90 Å². The van der Waals surface area contributed by atoms with E-state index in [1.54, 1.807) is 18.2 Å². The molecule has 0 aliphatic carbocycles. The zero-order chi connectivity index (χ0) is 13.0. The van der Waals surface area contributed by atoms with Gasteiger partial charge in [-0.3, -0.25) is 4.79 Å². The lowest BCUT2D eigenvalue weighted by molar-refractivity contribution is 0.0500. The molecule has 0 radical (unpaired) electrons. The fourth-order valence-corrected chi connectivity index (χ4v) is 1.48. The number of carbonyl (C=O) groups excluding carboxylic acids is 2. The van der Waals surface area contributed by atoms with Crippen molar-refractivity contribution in [3.05, 3.63) is 59.4 Å². The van der Waals surface area contributed by atoms with Crippen molar-refractivity contribution in [1.29, 1.82) is 0 Å². The van der Waals surface area contributed by atoms with Crippen molar-refractivity contribution in [1.82, 2.24) is 10.2 Å². The van der Waals surface area contributed by atoms with Gasteiger partial charge in [-0.15, -0.1) is 5.10 Å². The number of ketones is 1. The number of benzene rings is 1. The molecule has 6 heteroatoms. The Bertz CT molecular complexity index is 584. The van der Waals surface area contributed by atoms with Crippen LogP contribution in [-0.2, 0) is 4.84 Å². The van der Waals surface area contributed by atoms with Gasteiger partial charge in [-0.2, -0.15) is 11.0 Å². The van der Waals surface area contributed by atoms with Crippen LogP contribution in [0.4, 0.5) is 0 Å². The molecule has 2 N–H and O–H groups in total. The average molecular weight is 243 g/mol. The van der Waals surface area contributed by atoms with Crippen LogP contribution >= 0.6 is 0 Å². The van der Waals surface area contributed by atoms with Gasteiger partial charge in [0, 0.05) is 11.8 Å². The minimum atomic E-state index is -0.775. The maximum atomic E-state index is 12.1. The van der Waals surface area contributed by atoms with Crippen LogP contribution in [0.1, 0.15) is 26.4 Å².